The monoisotopic (exact) mass is 377 g/mol. The second-order valence-corrected chi connectivity index (χ2v) is 8.72. The van der Waals surface area contributed by atoms with Crippen LogP contribution in [-0.2, 0) is 4.79 Å². The molecular weight excluding hydrogens is 358 g/mol. The second-order valence-electron chi connectivity index (χ2n) is 8.28. The zero-order valence-corrected chi connectivity index (χ0v) is 16.1. The van der Waals surface area contributed by atoms with Gasteiger partial charge in [0.1, 0.15) is 11.5 Å². The summed E-state index contributed by atoms with van der Waals surface area (Å²) in [5.41, 5.74) is 3.81. The lowest BCUT2D eigenvalue weighted by Crippen LogP contribution is -2.32. The Balaban J connectivity index is 1.79. The number of para-hydroxylation sites is 1. The van der Waals surface area contributed by atoms with Crippen molar-refractivity contribution in [1.29, 1.82) is 0 Å². The van der Waals surface area contributed by atoms with Gasteiger partial charge in [0.2, 0.25) is 0 Å². The number of aromatic amines is 1. The maximum absolute atomic E-state index is 13.2. The third kappa shape index (κ3) is 2.61. The lowest BCUT2D eigenvalue weighted by atomic mass is 9.70. The van der Waals surface area contributed by atoms with Crippen molar-refractivity contribution in [3.8, 4) is 5.75 Å². The van der Waals surface area contributed by atoms with Crippen LogP contribution in [0.5, 0.6) is 5.75 Å². The number of carbonyl (C=O) groups is 1. The van der Waals surface area contributed by atoms with Crippen molar-refractivity contribution < 1.29 is 9.53 Å². The van der Waals surface area contributed by atoms with Gasteiger partial charge in [0, 0.05) is 52.0 Å². The molecule has 2 aromatic carbocycles. The molecule has 1 aliphatic carbocycles. The average molecular weight is 378 g/mol. The quantitative estimate of drug-likeness (QED) is 0.566. The predicted octanol–water partition coefficient (Wildman–Crippen LogP) is 5.99. The maximum atomic E-state index is 13.2. The largest absolute Gasteiger partial charge is 0.461 e. The smallest absolute Gasteiger partial charge is 0.163 e. The van der Waals surface area contributed by atoms with Crippen molar-refractivity contribution in [2.45, 2.75) is 32.6 Å². The molecule has 5 rings (SSSR count). The summed E-state index contributed by atoms with van der Waals surface area (Å²) in [6, 6.07) is 13.9. The molecule has 4 heteroatoms. The van der Waals surface area contributed by atoms with E-state index < -0.39 is 0 Å². The molecule has 1 N–H and O–H groups in total. The third-order valence-corrected chi connectivity index (χ3v) is 5.85. The molecule has 1 aromatic heterocycles. The van der Waals surface area contributed by atoms with E-state index in [0.29, 0.717) is 11.4 Å². The van der Waals surface area contributed by atoms with Gasteiger partial charge in [-0.25, -0.2) is 0 Å². The molecule has 0 saturated carbocycles. The van der Waals surface area contributed by atoms with E-state index in [1.54, 1.807) is 0 Å². The van der Waals surface area contributed by atoms with Crippen molar-refractivity contribution >= 4 is 28.3 Å². The lowest BCUT2D eigenvalue weighted by Gasteiger charge is -2.38. The van der Waals surface area contributed by atoms with Crippen molar-refractivity contribution in [3.05, 3.63) is 76.1 Å². The molecule has 3 aromatic rings. The molecule has 136 valence electrons. The highest BCUT2D eigenvalue weighted by molar-refractivity contribution is 6.30. The Hall–Kier alpha value is -2.52. The number of rotatable bonds is 1. The number of carbonyl (C=O) groups excluding carboxylic acids is 1. The van der Waals surface area contributed by atoms with Crippen molar-refractivity contribution in [1.82, 2.24) is 4.98 Å². The summed E-state index contributed by atoms with van der Waals surface area (Å²) < 4.78 is 6.23. The summed E-state index contributed by atoms with van der Waals surface area (Å²) in [7, 11) is 0. The zero-order valence-electron chi connectivity index (χ0n) is 15.3. The number of nitrogens with one attached hydrogen (secondary N) is 1. The van der Waals surface area contributed by atoms with Crippen molar-refractivity contribution in [2.75, 3.05) is 0 Å². The van der Waals surface area contributed by atoms with E-state index in [1.807, 2.05) is 36.5 Å². The minimum Gasteiger partial charge on any atom is -0.461 e. The molecule has 1 unspecified atom stereocenters. The number of allylic oxidation sites excluding steroid dienone is 2. The molecule has 0 saturated heterocycles. The summed E-state index contributed by atoms with van der Waals surface area (Å²) >= 11 is 6.31. The van der Waals surface area contributed by atoms with Gasteiger partial charge in [-0.1, -0.05) is 43.6 Å². The highest BCUT2D eigenvalue weighted by atomic mass is 35.5. The van der Waals surface area contributed by atoms with E-state index in [4.69, 9.17) is 16.3 Å². The Morgan fingerprint density at radius 1 is 1.11 bits per heavy atom. The normalized spacial score (nSPS) is 21.0. The summed E-state index contributed by atoms with van der Waals surface area (Å²) in [5.74, 6) is 1.60. The van der Waals surface area contributed by atoms with Crippen LogP contribution in [0.15, 0.2) is 60.0 Å². The second kappa shape index (κ2) is 5.74. The van der Waals surface area contributed by atoms with Crippen LogP contribution in [0.25, 0.3) is 10.9 Å². The van der Waals surface area contributed by atoms with Crippen LogP contribution in [0, 0.1) is 5.41 Å². The van der Waals surface area contributed by atoms with Gasteiger partial charge in [0.15, 0.2) is 5.78 Å². The number of H-pyrrole nitrogens is 1. The van der Waals surface area contributed by atoms with Crippen molar-refractivity contribution in [3.63, 3.8) is 0 Å². The fourth-order valence-corrected chi connectivity index (χ4v) is 4.65. The number of ketones is 1. The summed E-state index contributed by atoms with van der Waals surface area (Å²) in [4.78, 5) is 16.5. The number of halogens is 1. The molecule has 1 atom stereocenters. The SMILES string of the molecule is CC1(C)CC(=O)C2=C(C1)Oc1ccc(Cl)cc1C2c1c[nH]c2ccccc12. The van der Waals surface area contributed by atoms with E-state index in [2.05, 4.69) is 31.0 Å². The van der Waals surface area contributed by atoms with Gasteiger partial charge in [-0.2, -0.15) is 0 Å². The van der Waals surface area contributed by atoms with Gasteiger partial charge >= 0.3 is 0 Å². The van der Waals surface area contributed by atoms with Gasteiger partial charge < -0.3 is 9.72 Å². The Labute approximate surface area is 163 Å². The van der Waals surface area contributed by atoms with Gasteiger partial charge in [-0.05, 0) is 35.2 Å². The molecule has 0 spiro atoms. The Morgan fingerprint density at radius 3 is 2.78 bits per heavy atom. The minimum atomic E-state index is -0.165. The van der Waals surface area contributed by atoms with Crippen LogP contribution in [0.4, 0.5) is 0 Å². The fraction of sp³-hybridized carbons (Fsp3) is 0.261. The Kier molecular flexibility index (Phi) is 3.54. The lowest BCUT2D eigenvalue weighted by molar-refractivity contribution is -0.118. The summed E-state index contributed by atoms with van der Waals surface area (Å²) in [5, 5.41) is 1.77. The first-order valence-corrected chi connectivity index (χ1v) is 9.60. The molecular formula is C23H20ClNO2. The van der Waals surface area contributed by atoms with Crippen LogP contribution < -0.4 is 4.74 Å². The molecule has 1 aliphatic heterocycles. The van der Waals surface area contributed by atoms with E-state index in [-0.39, 0.29) is 17.1 Å². The van der Waals surface area contributed by atoms with E-state index in [0.717, 1.165) is 45.5 Å². The number of hydrogen-bond acceptors (Lipinski definition) is 2. The summed E-state index contributed by atoms with van der Waals surface area (Å²) in [6.07, 6.45) is 3.31. The van der Waals surface area contributed by atoms with Gasteiger partial charge in [0.05, 0.1) is 0 Å². The van der Waals surface area contributed by atoms with Gasteiger partial charge in [-0.15, -0.1) is 0 Å². The molecule has 0 radical (unpaired) electrons. The van der Waals surface area contributed by atoms with Crippen LogP contribution in [0.2, 0.25) is 5.02 Å². The molecule has 3 nitrogen and oxygen atoms in total. The molecule has 0 bridgehead atoms. The van der Waals surface area contributed by atoms with Crippen LogP contribution in [-0.4, -0.2) is 10.8 Å². The highest BCUT2D eigenvalue weighted by Gasteiger charge is 2.42. The molecule has 27 heavy (non-hydrogen) atoms. The number of aromatic nitrogens is 1. The number of fused-ring (bicyclic) bond motifs is 2. The third-order valence-electron chi connectivity index (χ3n) is 5.62. The Morgan fingerprint density at radius 2 is 1.93 bits per heavy atom. The molecule has 0 fully saturated rings. The first-order valence-electron chi connectivity index (χ1n) is 9.22. The fourth-order valence-electron chi connectivity index (χ4n) is 4.47. The predicted molar refractivity (Wildman–Crippen MR) is 107 cm³/mol. The topological polar surface area (TPSA) is 42.1 Å². The minimum absolute atomic E-state index is 0.0926. The number of Topliss-reactive ketones (excluding diaryl/α,β-unsaturated/α-hetero) is 1. The molecule has 2 heterocycles. The zero-order chi connectivity index (χ0) is 18.8. The average Bonchev–Trinajstić information content (AvgIpc) is 3.03. The first-order chi connectivity index (χ1) is 12.9. The summed E-state index contributed by atoms with van der Waals surface area (Å²) in [6.45, 7) is 4.24. The first kappa shape index (κ1) is 16.6. The van der Waals surface area contributed by atoms with Crippen LogP contribution in [0.3, 0.4) is 0 Å². The highest BCUT2D eigenvalue weighted by Crippen LogP contribution is 2.51. The molecule has 2 aliphatic rings. The number of benzene rings is 2. The van der Waals surface area contributed by atoms with Crippen molar-refractivity contribution in [2.24, 2.45) is 5.41 Å². The standard InChI is InChI=1S/C23H20ClNO2/c1-23(2)10-18(26)22-20(11-23)27-19-8-7-13(24)9-15(19)21(22)16-12-25-17-6-4-3-5-14(16)17/h3-9,12,21,25H,10-11H2,1-2H3. The van der Waals surface area contributed by atoms with Crippen LogP contribution in [0.1, 0.15) is 43.7 Å². The van der Waals surface area contributed by atoms with E-state index >= 15 is 0 Å². The molecule has 0 amide bonds. The maximum Gasteiger partial charge on any atom is 0.163 e. The van der Waals surface area contributed by atoms with Gasteiger partial charge in [-0.3, -0.25) is 4.79 Å². The van der Waals surface area contributed by atoms with Crippen LogP contribution >= 0.6 is 11.6 Å². The van der Waals surface area contributed by atoms with E-state index in [9.17, 15) is 4.79 Å². The van der Waals surface area contributed by atoms with E-state index in [1.165, 1.54) is 0 Å². The van der Waals surface area contributed by atoms with Gasteiger partial charge in [0.25, 0.3) is 0 Å². The Bertz CT molecular complexity index is 1120. The number of hydrogen-bond donors (Lipinski definition) is 1. The number of ether oxygens (including phenoxy) is 1.